The van der Waals surface area contributed by atoms with Gasteiger partial charge in [0.2, 0.25) is 0 Å². The molecule has 0 aromatic heterocycles. The van der Waals surface area contributed by atoms with Crippen LogP contribution in [0.5, 0.6) is 0 Å². The molecule has 4 nitrogen and oxygen atoms in total. The lowest BCUT2D eigenvalue weighted by atomic mass is 9.57. The SMILES string of the molecule is C/C=C/CC(C)(CC(CCC/C=C(\C)C(=O)O)C[C@@H](C)OC(C)=O)C(C)(C)/C(C)=C/C. The van der Waals surface area contributed by atoms with Gasteiger partial charge in [-0.2, -0.15) is 0 Å². The summed E-state index contributed by atoms with van der Waals surface area (Å²) in [6.07, 6.45) is 13.7. The Morgan fingerprint density at radius 2 is 1.71 bits per heavy atom. The molecule has 178 valence electrons. The molecule has 0 rings (SSSR count). The number of ether oxygens (including phenoxy) is 1. The topological polar surface area (TPSA) is 63.6 Å². The number of unbranched alkanes of at least 4 members (excludes halogenated alkanes) is 1. The minimum atomic E-state index is -0.859. The molecule has 0 saturated heterocycles. The second-order valence-corrected chi connectivity index (χ2v) is 9.78. The number of carbonyl (C=O) groups is 2. The van der Waals surface area contributed by atoms with Crippen LogP contribution in [0.25, 0.3) is 0 Å². The Labute approximate surface area is 190 Å². The van der Waals surface area contributed by atoms with Crippen molar-refractivity contribution in [3.63, 3.8) is 0 Å². The molecule has 0 aliphatic heterocycles. The summed E-state index contributed by atoms with van der Waals surface area (Å²) in [4.78, 5) is 22.5. The molecule has 31 heavy (non-hydrogen) atoms. The third kappa shape index (κ3) is 9.88. The maximum Gasteiger partial charge on any atom is 0.330 e. The van der Waals surface area contributed by atoms with Gasteiger partial charge in [-0.15, -0.1) is 0 Å². The summed E-state index contributed by atoms with van der Waals surface area (Å²) >= 11 is 0. The van der Waals surface area contributed by atoms with E-state index in [2.05, 4.69) is 59.8 Å². The molecular weight excluding hydrogens is 388 g/mol. The highest BCUT2D eigenvalue weighted by atomic mass is 16.5. The summed E-state index contributed by atoms with van der Waals surface area (Å²) in [6.45, 7) is 18.5. The number of hydrogen-bond acceptors (Lipinski definition) is 3. The van der Waals surface area contributed by atoms with E-state index < -0.39 is 5.97 Å². The van der Waals surface area contributed by atoms with Crippen molar-refractivity contribution in [3.8, 4) is 0 Å². The molecule has 0 radical (unpaired) electrons. The molecule has 0 aromatic rings. The number of carbonyl (C=O) groups excluding carboxylic acids is 1. The highest BCUT2D eigenvalue weighted by Crippen LogP contribution is 2.52. The van der Waals surface area contributed by atoms with Crippen molar-refractivity contribution in [2.75, 3.05) is 0 Å². The van der Waals surface area contributed by atoms with Crippen molar-refractivity contribution >= 4 is 11.9 Å². The quantitative estimate of drug-likeness (QED) is 0.133. The third-order valence-electron chi connectivity index (χ3n) is 7.11. The van der Waals surface area contributed by atoms with E-state index >= 15 is 0 Å². The van der Waals surface area contributed by atoms with Crippen molar-refractivity contribution in [2.24, 2.45) is 16.7 Å². The Bertz CT molecular complexity index is 669. The Hall–Kier alpha value is -1.84. The largest absolute Gasteiger partial charge is 0.478 e. The minimum absolute atomic E-state index is 0.0178. The van der Waals surface area contributed by atoms with Gasteiger partial charge in [0.25, 0.3) is 0 Å². The fourth-order valence-electron chi connectivity index (χ4n) is 4.36. The van der Waals surface area contributed by atoms with Crippen LogP contribution in [-0.2, 0) is 14.3 Å². The third-order valence-corrected chi connectivity index (χ3v) is 7.11. The molecule has 0 saturated carbocycles. The van der Waals surface area contributed by atoms with Crippen LogP contribution < -0.4 is 0 Å². The van der Waals surface area contributed by atoms with Gasteiger partial charge in [-0.25, -0.2) is 4.79 Å². The summed E-state index contributed by atoms with van der Waals surface area (Å²) < 4.78 is 5.45. The van der Waals surface area contributed by atoms with E-state index in [0.29, 0.717) is 11.5 Å². The fourth-order valence-corrected chi connectivity index (χ4v) is 4.36. The van der Waals surface area contributed by atoms with E-state index in [-0.39, 0.29) is 22.9 Å². The van der Waals surface area contributed by atoms with Gasteiger partial charge in [-0.3, -0.25) is 4.79 Å². The van der Waals surface area contributed by atoms with Crippen molar-refractivity contribution in [3.05, 3.63) is 35.5 Å². The summed E-state index contributed by atoms with van der Waals surface area (Å²) in [5.74, 6) is -0.720. The molecule has 0 heterocycles. The zero-order valence-electron chi connectivity index (χ0n) is 21.4. The predicted molar refractivity (Wildman–Crippen MR) is 130 cm³/mol. The lowest BCUT2D eigenvalue weighted by molar-refractivity contribution is -0.146. The van der Waals surface area contributed by atoms with Crippen molar-refractivity contribution in [1.82, 2.24) is 0 Å². The van der Waals surface area contributed by atoms with Crippen LogP contribution in [0.3, 0.4) is 0 Å². The standard InChI is InChI=1S/C27H46O4/c1-10-12-17-27(9,26(7,8)21(4)11-2)19-24(18-22(5)31-23(6)28)16-14-13-15-20(3)25(29)30/h10-12,15,22,24H,13-14,16-19H2,1-9H3,(H,29,30)/b12-10+,20-15+,21-11+/t22-,24?,27?/m1/s1. The molecular formula is C27H46O4. The molecule has 0 fully saturated rings. The minimum Gasteiger partial charge on any atom is -0.478 e. The van der Waals surface area contributed by atoms with Gasteiger partial charge in [-0.05, 0) is 89.9 Å². The lowest BCUT2D eigenvalue weighted by Gasteiger charge is -2.47. The Morgan fingerprint density at radius 1 is 1.10 bits per heavy atom. The van der Waals surface area contributed by atoms with Crippen LogP contribution in [0, 0.1) is 16.7 Å². The second kappa shape index (κ2) is 13.5. The van der Waals surface area contributed by atoms with Gasteiger partial charge in [0.15, 0.2) is 0 Å². The van der Waals surface area contributed by atoms with Gasteiger partial charge in [0, 0.05) is 12.5 Å². The molecule has 0 aliphatic rings. The first-order valence-electron chi connectivity index (χ1n) is 11.6. The molecule has 1 N–H and O–H groups in total. The van der Waals surface area contributed by atoms with Crippen molar-refractivity contribution < 1.29 is 19.4 Å². The van der Waals surface area contributed by atoms with E-state index in [0.717, 1.165) is 38.5 Å². The first kappa shape index (κ1) is 29.2. The summed E-state index contributed by atoms with van der Waals surface area (Å²) in [6, 6.07) is 0. The Kier molecular flexibility index (Phi) is 12.7. The maximum absolute atomic E-state index is 11.4. The molecule has 2 unspecified atom stereocenters. The van der Waals surface area contributed by atoms with Gasteiger partial charge in [0.1, 0.15) is 0 Å². The normalized spacial score (nSPS) is 17.3. The van der Waals surface area contributed by atoms with Crippen LogP contribution in [0.4, 0.5) is 0 Å². The molecule has 4 heteroatoms. The molecule has 0 aliphatic carbocycles. The monoisotopic (exact) mass is 434 g/mol. The Balaban J connectivity index is 5.68. The van der Waals surface area contributed by atoms with E-state index in [9.17, 15) is 9.59 Å². The van der Waals surface area contributed by atoms with E-state index in [1.54, 1.807) is 6.92 Å². The van der Waals surface area contributed by atoms with Crippen molar-refractivity contribution in [2.45, 2.75) is 107 Å². The van der Waals surface area contributed by atoms with Crippen LogP contribution in [-0.4, -0.2) is 23.1 Å². The highest BCUT2D eigenvalue weighted by Gasteiger charge is 2.42. The number of hydrogen-bond donors (Lipinski definition) is 1. The molecule has 0 amide bonds. The first-order chi connectivity index (χ1) is 14.3. The highest BCUT2D eigenvalue weighted by molar-refractivity contribution is 5.85. The van der Waals surface area contributed by atoms with Gasteiger partial charge in [0.05, 0.1) is 6.10 Å². The Morgan fingerprint density at radius 3 is 2.19 bits per heavy atom. The second-order valence-electron chi connectivity index (χ2n) is 9.78. The van der Waals surface area contributed by atoms with Gasteiger partial charge in [-0.1, -0.05) is 50.6 Å². The van der Waals surface area contributed by atoms with Crippen molar-refractivity contribution in [1.29, 1.82) is 0 Å². The summed E-state index contributed by atoms with van der Waals surface area (Å²) in [7, 11) is 0. The average Bonchev–Trinajstić information content (AvgIpc) is 2.67. The smallest absolute Gasteiger partial charge is 0.330 e. The zero-order valence-corrected chi connectivity index (χ0v) is 21.4. The van der Waals surface area contributed by atoms with Crippen LogP contribution in [0.15, 0.2) is 35.5 Å². The van der Waals surface area contributed by atoms with Crippen LogP contribution in [0.1, 0.15) is 101 Å². The van der Waals surface area contributed by atoms with E-state index in [1.807, 2.05) is 13.0 Å². The van der Waals surface area contributed by atoms with E-state index in [1.165, 1.54) is 12.5 Å². The molecule has 0 bridgehead atoms. The van der Waals surface area contributed by atoms with Crippen LogP contribution in [0.2, 0.25) is 0 Å². The number of aliphatic carboxylic acids is 1. The lowest BCUT2D eigenvalue weighted by Crippen LogP contribution is -2.38. The molecule has 3 atom stereocenters. The first-order valence-corrected chi connectivity index (χ1v) is 11.6. The number of esters is 1. The predicted octanol–water partition coefficient (Wildman–Crippen LogP) is 7.50. The fraction of sp³-hybridized carbons (Fsp3) is 0.704. The van der Waals surface area contributed by atoms with Gasteiger partial charge >= 0.3 is 11.9 Å². The number of carboxylic acids is 1. The number of carboxylic acid groups (broad SMARTS) is 1. The van der Waals surface area contributed by atoms with Gasteiger partial charge < -0.3 is 9.84 Å². The molecule has 0 aromatic carbocycles. The summed E-state index contributed by atoms with van der Waals surface area (Å²) in [5.41, 5.74) is 1.84. The number of allylic oxidation sites excluding steroid dienone is 5. The molecule has 0 spiro atoms. The zero-order chi connectivity index (χ0) is 24.2. The van der Waals surface area contributed by atoms with E-state index in [4.69, 9.17) is 9.84 Å². The maximum atomic E-state index is 11.4. The van der Waals surface area contributed by atoms with Crippen LogP contribution >= 0.6 is 0 Å². The summed E-state index contributed by atoms with van der Waals surface area (Å²) in [5, 5.41) is 9.07. The average molecular weight is 435 g/mol. The number of rotatable bonds is 14.